The molecular weight excluding hydrogens is 290 g/mol. The van der Waals surface area contributed by atoms with E-state index in [-0.39, 0.29) is 0 Å². The van der Waals surface area contributed by atoms with Crippen LogP contribution in [-0.2, 0) is 12.8 Å². The quantitative estimate of drug-likeness (QED) is 0.939. The van der Waals surface area contributed by atoms with Crippen LogP contribution < -0.4 is 0 Å². The molecule has 0 spiro atoms. The van der Waals surface area contributed by atoms with Gasteiger partial charge < -0.3 is 5.11 Å². The molecule has 1 N–H and O–H groups in total. The first-order valence-electron chi connectivity index (χ1n) is 5.91. The molecule has 0 radical (unpaired) electrons. The lowest BCUT2D eigenvalue weighted by Crippen LogP contribution is -2.30. The Morgan fingerprint density at radius 2 is 1.78 bits per heavy atom. The zero-order valence-electron chi connectivity index (χ0n) is 10.3. The maximum atomic E-state index is 10.5. The monoisotopic (exact) mass is 305 g/mol. The molecule has 0 amide bonds. The second kappa shape index (κ2) is 5.63. The molecule has 0 saturated carbocycles. The van der Waals surface area contributed by atoms with Gasteiger partial charge in [0.25, 0.3) is 0 Å². The SMILES string of the molecule is CC(O)(Cc1ccccc1)Cc1cncc(Br)c1. The van der Waals surface area contributed by atoms with Gasteiger partial charge in [-0.15, -0.1) is 0 Å². The van der Waals surface area contributed by atoms with Crippen LogP contribution in [0, 0.1) is 0 Å². The van der Waals surface area contributed by atoms with Crippen molar-refractivity contribution >= 4 is 15.9 Å². The highest BCUT2D eigenvalue weighted by molar-refractivity contribution is 9.10. The van der Waals surface area contributed by atoms with Crippen LogP contribution in [0.2, 0.25) is 0 Å². The van der Waals surface area contributed by atoms with E-state index in [0.29, 0.717) is 12.8 Å². The number of rotatable bonds is 4. The van der Waals surface area contributed by atoms with Gasteiger partial charge in [-0.1, -0.05) is 30.3 Å². The molecule has 1 aromatic carbocycles. The van der Waals surface area contributed by atoms with Gasteiger partial charge in [-0.25, -0.2) is 0 Å². The van der Waals surface area contributed by atoms with Crippen molar-refractivity contribution in [1.82, 2.24) is 4.98 Å². The van der Waals surface area contributed by atoms with E-state index < -0.39 is 5.60 Å². The first kappa shape index (κ1) is 13.2. The molecule has 1 atom stereocenters. The third-order valence-corrected chi connectivity index (χ3v) is 3.21. The van der Waals surface area contributed by atoms with Gasteiger partial charge >= 0.3 is 0 Å². The van der Waals surface area contributed by atoms with E-state index in [1.807, 2.05) is 43.3 Å². The highest BCUT2D eigenvalue weighted by Crippen LogP contribution is 2.20. The van der Waals surface area contributed by atoms with Gasteiger partial charge in [0.2, 0.25) is 0 Å². The molecule has 1 heterocycles. The topological polar surface area (TPSA) is 33.1 Å². The highest BCUT2D eigenvalue weighted by atomic mass is 79.9. The predicted molar refractivity (Wildman–Crippen MR) is 76.4 cm³/mol. The van der Waals surface area contributed by atoms with Gasteiger partial charge in [-0.3, -0.25) is 4.98 Å². The van der Waals surface area contributed by atoms with Crippen molar-refractivity contribution in [2.24, 2.45) is 0 Å². The summed E-state index contributed by atoms with van der Waals surface area (Å²) in [5.41, 5.74) is 1.42. The Kier molecular flexibility index (Phi) is 4.15. The number of aromatic nitrogens is 1. The smallest absolute Gasteiger partial charge is 0.0700 e. The van der Waals surface area contributed by atoms with Crippen molar-refractivity contribution in [2.45, 2.75) is 25.4 Å². The van der Waals surface area contributed by atoms with Crippen molar-refractivity contribution in [2.75, 3.05) is 0 Å². The zero-order chi connectivity index (χ0) is 13.0. The Hall–Kier alpha value is -1.19. The average molecular weight is 306 g/mol. The summed E-state index contributed by atoms with van der Waals surface area (Å²) < 4.78 is 0.940. The van der Waals surface area contributed by atoms with Crippen LogP contribution >= 0.6 is 15.9 Å². The molecular formula is C15H16BrNO. The molecule has 94 valence electrons. The summed E-state index contributed by atoms with van der Waals surface area (Å²) in [4.78, 5) is 4.12. The average Bonchev–Trinajstić information content (AvgIpc) is 2.28. The van der Waals surface area contributed by atoms with Gasteiger partial charge in [0, 0.05) is 29.7 Å². The largest absolute Gasteiger partial charge is 0.389 e. The number of pyridine rings is 1. The van der Waals surface area contributed by atoms with E-state index in [4.69, 9.17) is 0 Å². The van der Waals surface area contributed by atoms with Crippen LogP contribution in [0.3, 0.4) is 0 Å². The molecule has 3 heteroatoms. The van der Waals surface area contributed by atoms with Crippen LogP contribution in [0.1, 0.15) is 18.1 Å². The normalized spacial score (nSPS) is 14.2. The highest BCUT2D eigenvalue weighted by Gasteiger charge is 2.21. The maximum Gasteiger partial charge on any atom is 0.0700 e. The Morgan fingerprint density at radius 1 is 1.11 bits per heavy atom. The molecule has 1 unspecified atom stereocenters. The number of hydrogen-bond acceptors (Lipinski definition) is 2. The summed E-state index contributed by atoms with van der Waals surface area (Å²) in [5.74, 6) is 0. The molecule has 0 aliphatic carbocycles. The van der Waals surface area contributed by atoms with Crippen LogP contribution in [-0.4, -0.2) is 15.7 Å². The molecule has 1 aromatic heterocycles. The molecule has 0 bridgehead atoms. The number of nitrogens with zero attached hydrogens (tertiary/aromatic N) is 1. The minimum atomic E-state index is -0.760. The molecule has 0 saturated heterocycles. The summed E-state index contributed by atoms with van der Waals surface area (Å²) in [6.07, 6.45) is 4.77. The minimum absolute atomic E-state index is 0.592. The fourth-order valence-electron chi connectivity index (χ4n) is 2.09. The fourth-order valence-corrected chi connectivity index (χ4v) is 2.50. The summed E-state index contributed by atoms with van der Waals surface area (Å²) in [7, 11) is 0. The van der Waals surface area contributed by atoms with E-state index in [0.717, 1.165) is 15.6 Å². The Morgan fingerprint density at radius 3 is 2.44 bits per heavy atom. The van der Waals surface area contributed by atoms with Gasteiger partial charge in [0.1, 0.15) is 0 Å². The lowest BCUT2D eigenvalue weighted by Gasteiger charge is -2.23. The number of aliphatic hydroxyl groups is 1. The van der Waals surface area contributed by atoms with Crippen LogP contribution in [0.25, 0.3) is 0 Å². The van der Waals surface area contributed by atoms with Crippen LogP contribution in [0.15, 0.2) is 53.3 Å². The summed E-state index contributed by atoms with van der Waals surface area (Å²) in [6.45, 7) is 1.86. The van der Waals surface area contributed by atoms with Gasteiger partial charge in [-0.05, 0) is 40.0 Å². The molecule has 0 aliphatic heterocycles. The molecule has 2 nitrogen and oxygen atoms in total. The Balaban J connectivity index is 2.07. The summed E-state index contributed by atoms with van der Waals surface area (Å²) >= 11 is 3.39. The van der Waals surface area contributed by atoms with Crippen molar-refractivity contribution in [3.8, 4) is 0 Å². The zero-order valence-corrected chi connectivity index (χ0v) is 11.9. The maximum absolute atomic E-state index is 10.5. The van der Waals surface area contributed by atoms with Gasteiger partial charge in [-0.2, -0.15) is 0 Å². The number of benzene rings is 1. The summed E-state index contributed by atoms with van der Waals surface area (Å²) in [5, 5.41) is 10.5. The second-order valence-electron chi connectivity index (χ2n) is 4.85. The Labute approximate surface area is 116 Å². The van der Waals surface area contributed by atoms with Crippen molar-refractivity contribution in [3.63, 3.8) is 0 Å². The molecule has 0 fully saturated rings. The first-order valence-corrected chi connectivity index (χ1v) is 6.70. The van der Waals surface area contributed by atoms with E-state index in [9.17, 15) is 5.11 Å². The number of halogens is 1. The second-order valence-corrected chi connectivity index (χ2v) is 5.76. The summed E-state index contributed by atoms with van der Waals surface area (Å²) in [6, 6.07) is 12.0. The third-order valence-electron chi connectivity index (χ3n) is 2.77. The fraction of sp³-hybridized carbons (Fsp3) is 0.267. The lowest BCUT2D eigenvalue weighted by molar-refractivity contribution is 0.0607. The van der Waals surface area contributed by atoms with Gasteiger partial charge in [0.05, 0.1) is 5.60 Å². The van der Waals surface area contributed by atoms with E-state index in [1.165, 1.54) is 0 Å². The molecule has 0 aliphatic rings. The molecule has 2 aromatic rings. The van der Waals surface area contributed by atoms with Crippen molar-refractivity contribution in [1.29, 1.82) is 0 Å². The Bertz CT molecular complexity index is 511. The number of hydrogen-bond donors (Lipinski definition) is 1. The predicted octanol–water partition coefficient (Wildman–Crippen LogP) is 3.38. The molecule has 2 rings (SSSR count). The van der Waals surface area contributed by atoms with Crippen molar-refractivity contribution < 1.29 is 5.11 Å². The van der Waals surface area contributed by atoms with E-state index in [2.05, 4.69) is 20.9 Å². The van der Waals surface area contributed by atoms with Crippen LogP contribution in [0.4, 0.5) is 0 Å². The van der Waals surface area contributed by atoms with Gasteiger partial charge in [0.15, 0.2) is 0 Å². The van der Waals surface area contributed by atoms with Crippen LogP contribution in [0.5, 0.6) is 0 Å². The third kappa shape index (κ3) is 3.93. The standard InChI is InChI=1S/C15H16BrNO/c1-15(18,8-12-5-3-2-4-6-12)9-13-7-14(16)11-17-10-13/h2-7,10-11,18H,8-9H2,1H3. The first-order chi connectivity index (χ1) is 8.55. The van der Waals surface area contributed by atoms with Crippen molar-refractivity contribution in [3.05, 3.63) is 64.4 Å². The lowest BCUT2D eigenvalue weighted by atomic mass is 9.90. The van der Waals surface area contributed by atoms with E-state index in [1.54, 1.807) is 12.4 Å². The van der Waals surface area contributed by atoms with E-state index >= 15 is 0 Å². The minimum Gasteiger partial charge on any atom is -0.389 e. The molecule has 18 heavy (non-hydrogen) atoms.